The number of carbonyl (C=O) groups excluding carboxylic acids is 3. The molecule has 0 amide bonds. The molecule has 0 spiro atoms. The van der Waals surface area contributed by atoms with Crippen LogP contribution in [0.2, 0.25) is 0 Å². The van der Waals surface area contributed by atoms with Crippen molar-refractivity contribution in [1.29, 1.82) is 0 Å². The highest BCUT2D eigenvalue weighted by Crippen LogP contribution is 2.40. The number of ether oxygens (including phenoxy) is 4. The molecule has 13 heteroatoms. The second kappa shape index (κ2) is 12.9. The zero-order valence-electron chi connectivity index (χ0n) is 23.2. The Morgan fingerprint density at radius 2 is 1.66 bits per heavy atom. The summed E-state index contributed by atoms with van der Waals surface area (Å²) in [4.78, 5) is 52.3. The molecule has 0 aliphatic carbocycles. The van der Waals surface area contributed by atoms with Crippen molar-refractivity contribution in [3.05, 3.63) is 42.2 Å². The van der Waals surface area contributed by atoms with Gasteiger partial charge in [0.1, 0.15) is 29.6 Å². The molecule has 0 N–H and O–H groups in total. The van der Waals surface area contributed by atoms with Crippen LogP contribution in [0.5, 0.6) is 0 Å². The number of benzene rings is 1. The second-order valence-corrected chi connectivity index (χ2v) is 10.9. The molecule has 12 nitrogen and oxygen atoms in total. The maximum Gasteiger partial charge on any atom is 0.303 e. The lowest BCUT2D eigenvalue weighted by Gasteiger charge is -2.30. The number of hydrogen-bond acceptors (Lipinski definition) is 12. The van der Waals surface area contributed by atoms with Gasteiger partial charge in [-0.2, -0.15) is 0 Å². The van der Waals surface area contributed by atoms with Gasteiger partial charge in [-0.15, -0.1) is 0 Å². The van der Waals surface area contributed by atoms with E-state index in [-0.39, 0.29) is 6.61 Å². The predicted octanol–water partition coefficient (Wildman–Crippen LogP) is 3.43. The molecule has 2 fully saturated rings. The smallest absolute Gasteiger partial charge is 0.303 e. The number of thioether (sulfide) groups is 1. The van der Waals surface area contributed by atoms with Gasteiger partial charge in [0.05, 0.1) is 0 Å². The molecule has 0 bridgehead atoms. The molecule has 0 unspecified atom stereocenters. The third-order valence-electron chi connectivity index (χ3n) is 6.88. The Morgan fingerprint density at radius 1 is 0.951 bits per heavy atom. The van der Waals surface area contributed by atoms with Gasteiger partial charge < -0.3 is 23.8 Å². The van der Waals surface area contributed by atoms with Gasteiger partial charge in [0.2, 0.25) is 5.95 Å². The van der Waals surface area contributed by atoms with Crippen LogP contribution in [0.4, 0.5) is 5.95 Å². The first-order valence-corrected chi connectivity index (χ1v) is 14.6. The van der Waals surface area contributed by atoms with Crippen molar-refractivity contribution < 1.29 is 33.3 Å². The predicted molar refractivity (Wildman–Crippen MR) is 149 cm³/mol. The Kier molecular flexibility index (Phi) is 9.03. The second-order valence-electron chi connectivity index (χ2n) is 9.97. The summed E-state index contributed by atoms with van der Waals surface area (Å²) in [7, 11) is 0. The Labute approximate surface area is 241 Å². The SMILES string of the molecule is CC(=O)OC[C@H]1O[C@@H](n2c(N3CCCCC3)nc3c(SCc4ccccc4)ncnc32)[C@H](OC(C)=O)[C@@H]1OC(C)=O. The van der Waals surface area contributed by atoms with Crippen LogP contribution < -0.4 is 4.90 Å². The summed E-state index contributed by atoms with van der Waals surface area (Å²) in [6.45, 7) is 5.17. The molecule has 4 heterocycles. The first kappa shape index (κ1) is 28.8. The lowest BCUT2D eigenvalue weighted by Crippen LogP contribution is -2.41. The molecular weight excluding hydrogens is 550 g/mol. The highest BCUT2D eigenvalue weighted by Gasteiger charge is 2.52. The molecule has 2 aliphatic heterocycles. The minimum absolute atomic E-state index is 0.194. The average Bonchev–Trinajstić information content (AvgIpc) is 3.49. The quantitative estimate of drug-likeness (QED) is 0.158. The van der Waals surface area contributed by atoms with E-state index in [1.54, 1.807) is 16.3 Å². The van der Waals surface area contributed by atoms with E-state index in [9.17, 15) is 14.4 Å². The first-order valence-electron chi connectivity index (χ1n) is 13.6. The fraction of sp³-hybridized carbons (Fsp3) is 0.500. The highest BCUT2D eigenvalue weighted by atomic mass is 32.2. The van der Waals surface area contributed by atoms with Crippen molar-refractivity contribution in [3.8, 4) is 0 Å². The molecule has 4 atom stereocenters. The van der Waals surface area contributed by atoms with Gasteiger partial charge in [-0.3, -0.25) is 19.0 Å². The van der Waals surface area contributed by atoms with E-state index in [4.69, 9.17) is 23.9 Å². The van der Waals surface area contributed by atoms with E-state index in [1.165, 1.54) is 27.1 Å². The minimum Gasteiger partial charge on any atom is -0.463 e. The van der Waals surface area contributed by atoms with Crippen LogP contribution in [0.15, 0.2) is 41.7 Å². The lowest BCUT2D eigenvalue weighted by molar-refractivity contribution is -0.166. The largest absolute Gasteiger partial charge is 0.463 e. The summed E-state index contributed by atoms with van der Waals surface area (Å²) in [5, 5.41) is 0.700. The number of rotatable bonds is 9. The van der Waals surface area contributed by atoms with E-state index >= 15 is 0 Å². The maximum atomic E-state index is 12.3. The number of nitrogens with zero attached hydrogens (tertiary/aromatic N) is 5. The van der Waals surface area contributed by atoms with Gasteiger partial charge in [-0.1, -0.05) is 42.1 Å². The summed E-state index contributed by atoms with van der Waals surface area (Å²) >= 11 is 1.55. The minimum atomic E-state index is -1.05. The van der Waals surface area contributed by atoms with E-state index in [1.807, 2.05) is 18.2 Å². The summed E-state index contributed by atoms with van der Waals surface area (Å²) in [6.07, 6.45) is 0.649. The number of piperidine rings is 1. The van der Waals surface area contributed by atoms with Gasteiger partial charge in [0, 0.05) is 39.6 Å². The monoisotopic (exact) mass is 583 g/mol. The van der Waals surface area contributed by atoms with Gasteiger partial charge in [0.15, 0.2) is 24.1 Å². The summed E-state index contributed by atoms with van der Waals surface area (Å²) in [5.41, 5.74) is 2.23. The van der Waals surface area contributed by atoms with Gasteiger partial charge in [0.25, 0.3) is 0 Å². The Morgan fingerprint density at radius 3 is 2.34 bits per heavy atom. The third-order valence-corrected chi connectivity index (χ3v) is 7.93. The Hall–Kier alpha value is -3.71. The molecule has 0 radical (unpaired) electrons. The molecule has 3 aromatic rings. The summed E-state index contributed by atoms with van der Waals surface area (Å²) in [5.74, 6) is -0.394. The average molecular weight is 584 g/mol. The number of hydrogen-bond donors (Lipinski definition) is 0. The first-order chi connectivity index (χ1) is 19.8. The fourth-order valence-corrected chi connectivity index (χ4v) is 6.05. The van der Waals surface area contributed by atoms with Crippen LogP contribution in [-0.2, 0) is 39.1 Å². The highest BCUT2D eigenvalue weighted by molar-refractivity contribution is 7.98. The van der Waals surface area contributed by atoms with Crippen LogP contribution in [0.25, 0.3) is 11.2 Å². The summed E-state index contributed by atoms with van der Waals surface area (Å²) in [6, 6.07) is 10.1. The van der Waals surface area contributed by atoms with Crippen molar-refractivity contribution in [2.24, 2.45) is 0 Å². The molecule has 5 rings (SSSR count). The number of aromatic nitrogens is 4. The van der Waals surface area contributed by atoms with E-state index in [0.717, 1.165) is 37.9 Å². The lowest BCUT2D eigenvalue weighted by atomic mass is 10.1. The number of esters is 3. The van der Waals surface area contributed by atoms with Gasteiger partial charge in [-0.25, -0.2) is 15.0 Å². The molecule has 218 valence electrons. The van der Waals surface area contributed by atoms with Crippen molar-refractivity contribution in [3.63, 3.8) is 0 Å². The van der Waals surface area contributed by atoms with Crippen LogP contribution in [0.1, 0.15) is 51.8 Å². The van der Waals surface area contributed by atoms with Crippen LogP contribution in [0, 0.1) is 0 Å². The molecule has 0 saturated carbocycles. The van der Waals surface area contributed by atoms with E-state index < -0.39 is 42.4 Å². The summed E-state index contributed by atoms with van der Waals surface area (Å²) < 4.78 is 24.7. The normalized spacial score (nSPS) is 22.5. The number of imidazole rings is 1. The Balaban J connectivity index is 1.59. The van der Waals surface area contributed by atoms with E-state index in [0.29, 0.717) is 27.9 Å². The zero-order valence-corrected chi connectivity index (χ0v) is 24.0. The standard InChI is InChI=1S/C28H33N5O7S/c1-17(34)37-14-21-23(38-18(2)35)24(39-19(3)36)27(40-21)33-25-22(31-28(33)32-12-8-5-9-13-32)26(30-16-29-25)41-15-20-10-6-4-7-11-20/h4,6-7,10-11,16,21,23-24,27H,5,8-9,12-15H2,1-3H3/t21-,23-,24-,27-/m1/s1. The number of fused-ring (bicyclic) bond motifs is 1. The van der Waals surface area contributed by atoms with Crippen LogP contribution in [-0.4, -0.2) is 75.4 Å². The molecule has 2 aliphatic rings. The van der Waals surface area contributed by atoms with E-state index in [2.05, 4.69) is 27.0 Å². The molecular formula is C28H33N5O7S. The van der Waals surface area contributed by atoms with Gasteiger partial charge in [-0.05, 0) is 24.8 Å². The molecule has 1 aromatic carbocycles. The molecule has 2 saturated heterocycles. The van der Waals surface area contributed by atoms with Crippen molar-refractivity contribution >= 4 is 46.8 Å². The van der Waals surface area contributed by atoms with Crippen molar-refractivity contribution in [1.82, 2.24) is 19.5 Å². The number of anilines is 1. The third kappa shape index (κ3) is 6.62. The van der Waals surface area contributed by atoms with Gasteiger partial charge >= 0.3 is 17.9 Å². The Bertz CT molecular complexity index is 1400. The zero-order chi connectivity index (χ0) is 28.9. The number of carbonyl (C=O) groups is 3. The molecule has 2 aromatic heterocycles. The van der Waals surface area contributed by atoms with Crippen LogP contribution in [0.3, 0.4) is 0 Å². The fourth-order valence-electron chi connectivity index (χ4n) is 5.16. The van der Waals surface area contributed by atoms with Crippen molar-refractivity contribution in [2.45, 2.75) is 75.4 Å². The maximum absolute atomic E-state index is 12.3. The molecule has 41 heavy (non-hydrogen) atoms. The topological polar surface area (TPSA) is 135 Å². The van der Waals surface area contributed by atoms with Crippen LogP contribution >= 0.6 is 11.8 Å². The van der Waals surface area contributed by atoms with Crippen molar-refractivity contribution in [2.75, 3.05) is 24.6 Å².